The Morgan fingerprint density at radius 3 is 2.42 bits per heavy atom. The van der Waals surface area contributed by atoms with Crippen LogP contribution in [-0.2, 0) is 10.2 Å². The maximum atomic E-state index is 14.5. The van der Waals surface area contributed by atoms with Crippen molar-refractivity contribution in [3.8, 4) is 17.4 Å². The Labute approximate surface area is 195 Å². The SMILES string of the molecule is CC(Oc1ncc(Oc2cc(F)c(C(=O)NS(=O)(=O)N3CCC3)cc2Cl)cc1Cl)C(F)(F)F. The van der Waals surface area contributed by atoms with Crippen molar-refractivity contribution in [2.45, 2.75) is 25.6 Å². The summed E-state index contributed by atoms with van der Waals surface area (Å²) in [6.07, 6.45) is -5.18. The Kier molecular flexibility index (Phi) is 7.27. The second-order valence-corrected chi connectivity index (χ2v) is 9.30. The number of ether oxygens (including phenoxy) is 2. The molecule has 8 nitrogen and oxygen atoms in total. The van der Waals surface area contributed by atoms with Gasteiger partial charge in [0.2, 0.25) is 5.88 Å². The van der Waals surface area contributed by atoms with Gasteiger partial charge in [0.05, 0.1) is 16.8 Å². The van der Waals surface area contributed by atoms with E-state index in [9.17, 15) is 30.8 Å². The van der Waals surface area contributed by atoms with Crippen LogP contribution in [0.15, 0.2) is 24.4 Å². The number of amides is 1. The van der Waals surface area contributed by atoms with Crippen molar-refractivity contribution in [1.82, 2.24) is 14.0 Å². The summed E-state index contributed by atoms with van der Waals surface area (Å²) in [7, 11) is -4.10. The number of hydrogen-bond donors (Lipinski definition) is 1. The van der Waals surface area contributed by atoms with Crippen LogP contribution in [0.4, 0.5) is 17.6 Å². The number of hydrogen-bond acceptors (Lipinski definition) is 6. The van der Waals surface area contributed by atoms with Gasteiger partial charge in [-0.3, -0.25) is 4.79 Å². The first-order chi connectivity index (χ1) is 15.3. The van der Waals surface area contributed by atoms with E-state index in [0.29, 0.717) is 6.42 Å². The smallest absolute Gasteiger partial charge is 0.425 e. The summed E-state index contributed by atoms with van der Waals surface area (Å²) in [5.41, 5.74) is -0.641. The van der Waals surface area contributed by atoms with E-state index in [1.807, 2.05) is 0 Å². The zero-order valence-electron chi connectivity index (χ0n) is 16.6. The van der Waals surface area contributed by atoms with E-state index >= 15 is 0 Å². The van der Waals surface area contributed by atoms with Gasteiger partial charge in [0.1, 0.15) is 22.3 Å². The zero-order valence-corrected chi connectivity index (χ0v) is 18.9. The van der Waals surface area contributed by atoms with Crippen LogP contribution in [-0.4, -0.2) is 49.0 Å². The lowest BCUT2D eigenvalue weighted by Gasteiger charge is -2.29. The summed E-state index contributed by atoms with van der Waals surface area (Å²) in [6.45, 7) is 1.26. The molecule has 2 heterocycles. The number of aromatic nitrogens is 1. The van der Waals surface area contributed by atoms with Gasteiger partial charge in [-0.25, -0.2) is 14.1 Å². The molecule has 0 spiro atoms. The van der Waals surface area contributed by atoms with Gasteiger partial charge < -0.3 is 9.47 Å². The van der Waals surface area contributed by atoms with E-state index in [1.54, 1.807) is 4.72 Å². The Balaban J connectivity index is 1.75. The molecule has 1 N–H and O–H groups in total. The molecule has 2 aromatic rings. The molecular formula is C18H15Cl2F4N3O5S. The van der Waals surface area contributed by atoms with E-state index in [2.05, 4.69) is 9.72 Å². The number of carbonyl (C=O) groups excluding carboxylic acids is 1. The number of rotatable bonds is 7. The Hall–Kier alpha value is -2.35. The second kappa shape index (κ2) is 9.49. The third-order valence-corrected chi connectivity index (χ3v) is 6.46. The van der Waals surface area contributed by atoms with Gasteiger partial charge in [0, 0.05) is 25.2 Å². The van der Waals surface area contributed by atoms with E-state index in [1.165, 1.54) is 0 Å². The topological polar surface area (TPSA) is 97.8 Å². The van der Waals surface area contributed by atoms with Crippen molar-refractivity contribution < 1.29 is 40.2 Å². The van der Waals surface area contributed by atoms with Crippen LogP contribution in [0, 0.1) is 5.82 Å². The molecule has 0 bridgehead atoms. The molecule has 1 saturated heterocycles. The van der Waals surface area contributed by atoms with Gasteiger partial charge in [-0.15, -0.1) is 0 Å². The number of carbonyl (C=O) groups is 1. The molecule has 180 valence electrons. The predicted octanol–water partition coefficient (Wildman–Crippen LogP) is 4.33. The number of nitrogens with one attached hydrogen (secondary N) is 1. The predicted molar refractivity (Wildman–Crippen MR) is 109 cm³/mol. The normalized spacial score (nSPS) is 15.5. The quantitative estimate of drug-likeness (QED) is 0.534. The average molecular weight is 532 g/mol. The van der Waals surface area contributed by atoms with E-state index in [0.717, 1.165) is 35.6 Å². The maximum Gasteiger partial charge on any atom is 0.425 e. The summed E-state index contributed by atoms with van der Waals surface area (Å²) >= 11 is 11.9. The molecule has 1 atom stereocenters. The van der Waals surface area contributed by atoms with Crippen LogP contribution in [0.3, 0.4) is 0 Å². The minimum Gasteiger partial charge on any atom is -0.464 e. The molecule has 33 heavy (non-hydrogen) atoms. The minimum atomic E-state index is -4.63. The van der Waals surface area contributed by atoms with Crippen LogP contribution in [0.1, 0.15) is 23.7 Å². The highest BCUT2D eigenvalue weighted by atomic mass is 35.5. The first-order valence-corrected chi connectivity index (χ1v) is 11.4. The Morgan fingerprint density at radius 1 is 1.21 bits per heavy atom. The molecular weight excluding hydrogens is 517 g/mol. The van der Waals surface area contributed by atoms with Crippen molar-refractivity contribution in [3.05, 3.63) is 45.8 Å². The number of nitrogens with zero attached hydrogens (tertiary/aromatic N) is 2. The Morgan fingerprint density at radius 2 is 1.88 bits per heavy atom. The number of halogens is 6. The second-order valence-electron chi connectivity index (χ2n) is 6.81. The zero-order chi connectivity index (χ0) is 24.6. The van der Waals surface area contributed by atoms with Crippen molar-refractivity contribution in [2.75, 3.05) is 13.1 Å². The fraction of sp³-hybridized carbons (Fsp3) is 0.333. The molecule has 0 saturated carbocycles. The van der Waals surface area contributed by atoms with Gasteiger partial charge in [-0.05, 0) is 19.4 Å². The van der Waals surface area contributed by atoms with Crippen LogP contribution in [0.25, 0.3) is 0 Å². The molecule has 15 heteroatoms. The van der Waals surface area contributed by atoms with E-state index in [4.69, 9.17) is 27.9 Å². The van der Waals surface area contributed by atoms with Crippen LogP contribution >= 0.6 is 23.2 Å². The standard InChI is InChI=1S/C18H15Cl2F4N3O5S/c1-9(18(22,23)24)31-17-13(20)5-10(8-25-17)32-15-7-14(21)11(6-12(15)19)16(28)26-33(29,30)27-3-2-4-27/h5-9H,2-4H2,1H3,(H,26,28). The molecule has 1 aliphatic heterocycles. The van der Waals surface area contributed by atoms with Crippen LogP contribution in [0.2, 0.25) is 10.0 Å². The van der Waals surface area contributed by atoms with E-state index in [-0.39, 0.29) is 34.6 Å². The molecule has 1 aromatic carbocycles. The van der Waals surface area contributed by atoms with Gasteiger partial charge in [-0.2, -0.15) is 25.9 Å². The van der Waals surface area contributed by atoms with Crippen molar-refractivity contribution in [2.24, 2.45) is 0 Å². The summed E-state index contributed by atoms with van der Waals surface area (Å²) in [5.74, 6) is -3.26. The van der Waals surface area contributed by atoms with Crippen LogP contribution < -0.4 is 14.2 Å². The molecule has 1 aliphatic rings. The number of benzene rings is 1. The van der Waals surface area contributed by atoms with Gasteiger partial charge in [0.25, 0.3) is 5.91 Å². The summed E-state index contributed by atoms with van der Waals surface area (Å²) < 4.78 is 89.1. The largest absolute Gasteiger partial charge is 0.464 e. The van der Waals surface area contributed by atoms with Gasteiger partial charge in [-0.1, -0.05) is 23.2 Å². The molecule has 1 fully saturated rings. The lowest BCUT2D eigenvalue weighted by atomic mass is 10.2. The first kappa shape index (κ1) is 25.3. The third-order valence-electron chi connectivity index (χ3n) is 4.40. The highest BCUT2D eigenvalue weighted by Crippen LogP contribution is 2.35. The molecule has 1 amide bonds. The summed E-state index contributed by atoms with van der Waals surface area (Å²) in [5, 5.41) is -0.572. The maximum absolute atomic E-state index is 14.5. The monoisotopic (exact) mass is 531 g/mol. The van der Waals surface area contributed by atoms with E-state index < -0.39 is 45.7 Å². The number of alkyl halides is 3. The minimum absolute atomic E-state index is 0.120. The molecule has 1 unspecified atom stereocenters. The van der Waals surface area contributed by atoms with Gasteiger partial charge in [0.15, 0.2) is 6.10 Å². The van der Waals surface area contributed by atoms with Crippen molar-refractivity contribution in [3.63, 3.8) is 0 Å². The third kappa shape index (κ3) is 5.96. The summed E-state index contributed by atoms with van der Waals surface area (Å²) in [6, 6.07) is 2.67. The summed E-state index contributed by atoms with van der Waals surface area (Å²) in [4.78, 5) is 15.9. The molecule has 1 aromatic heterocycles. The van der Waals surface area contributed by atoms with Crippen LogP contribution in [0.5, 0.6) is 17.4 Å². The lowest BCUT2D eigenvalue weighted by Crippen LogP contribution is -2.49. The molecule has 0 aliphatic carbocycles. The van der Waals surface area contributed by atoms with Crippen molar-refractivity contribution in [1.29, 1.82) is 0 Å². The fourth-order valence-electron chi connectivity index (χ4n) is 2.46. The first-order valence-electron chi connectivity index (χ1n) is 9.16. The van der Waals surface area contributed by atoms with Crippen molar-refractivity contribution >= 4 is 39.3 Å². The lowest BCUT2D eigenvalue weighted by molar-refractivity contribution is -0.189. The molecule has 3 rings (SSSR count). The highest BCUT2D eigenvalue weighted by Gasteiger charge is 2.38. The highest BCUT2D eigenvalue weighted by molar-refractivity contribution is 7.87. The Bertz CT molecular complexity index is 1180. The fourth-order valence-corrected chi connectivity index (χ4v) is 4.07. The number of pyridine rings is 1. The molecule has 0 radical (unpaired) electrons. The van der Waals surface area contributed by atoms with Gasteiger partial charge >= 0.3 is 16.4 Å². The average Bonchev–Trinajstić information content (AvgIpc) is 2.63.